The van der Waals surface area contributed by atoms with E-state index in [1.165, 1.54) is 18.2 Å². The average Bonchev–Trinajstić information content (AvgIpc) is 3.06. The maximum Gasteiger partial charge on any atom is 0.269 e. The Morgan fingerprint density at radius 2 is 2.04 bits per heavy atom. The normalized spacial score (nSPS) is 16.4. The number of ether oxygens (including phenoxy) is 1. The number of nitrogens with one attached hydrogen (secondary N) is 1. The molecule has 0 saturated carbocycles. The van der Waals surface area contributed by atoms with Crippen LogP contribution in [-0.4, -0.2) is 36.4 Å². The predicted molar refractivity (Wildman–Crippen MR) is 104 cm³/mol. The van der Waals surface area contributed by atoms with Crippen LogP contribution < -0.4 is 15.0 Å². The summed E-state index contributed by atoms with van der Waals surface area (Å²) in [6, 6.07) is 12.8. The van der Waals surface area contributed by atoms with E-state index < -0.39 is 4.92 Å². The first kappa shape index (κ1) is 19.1. The molecule has 0 bridgehead atoms. The van der Waals surface area contributed by atoms with Crippen LogP contribution in [0.15, 0.2) is 54.6 Å². The van der Waals surface area contributed by atoms with Crippen LogP contribution in [0.5, 0.6) is 5.75 Å². The summed E-state index contributed by atoms with van der Waals surface area (Å²) in [6.07, 6.45) is 3.13. The number of methoxy groups -OCH3 is 1. The van der Waals surface area contributed by atoms with E-state index >= 15 is 0 Å². The summed E-state index contributed by atoms with van der Waals surface area (Å²) in [6.45, 7) is 0.378. The van der Waals surface area contributed by atoms with Crippen LogP contribution in [0.3, 0.4) is 0 Å². The molecular formula is C20H19N3O5. The fourth-order valence-corrected chi connectivity index (χ4v) is 2.96. The van der Waals surface area contributed by atoms with Gasteiger partial charge in [-0.2, -0.15) is 0 Å². The number of nitrogens with zero attached hydrogens (tertiary/aromatic N) is 2. The van der Waals surface area contributed by atoms with Gasteiger partial charge in [0.1, 0.15) is 5.75 Å². The summed E-state index contributed by atoms with van der Waals surface area (Å²) in [5, 5.41) is 13.5. The van der Waals surface area contributed by atoms with Gasteiger partial charge in [0, 0.05) is 42.9 Å². The molecule has 1 N–H and O–H groups in total. The molecule has 2 amide bonds. The average molecular weight is 381 g/mol. The van der Waals surface area contributed by atoms with Crippen molar-refractivity contribution < 1.29 is 19.2 Å². The summed E-state index contributed by atoms with van der Waals surface area (Å²) in [5.74, 6) is 0.255. The molecule has 144 valence electrons. The number of carbonyl (C=O) groups is 2. The molecule has 28 heavy (non-hydrogen) atoms. The topological polar surface area (TPSA) is 102 Å². The van der Waals surface area contributed by atoms with Crippen LogP contribution in [0.4, 0.5) is 11.4 Å². The molecule has 0 aromatic heterocycles. The minimum Gasteiger partial charge on any atom is -0.497 e. The van der Waals surface area contributed by atoms with Gasteiger partial charge in [-0.25, -0.2) is 0 Å². The third-order valence-electron chi connectivity index (χ3n) is 4.37. The van der Waals surface area contributed by atoms with Crippen molar-refractivity contribution in [1.82, 2.24) is 5.32 Å². The van der Waals surface area contributed by atoms with Crippen molar-refractivity contribution in [2.75, 3.05) is 18.6 Å². The van der Waals surface area contributed by atoms with Gasteiger partial charge < -0.3 is 15.0 Å². The zero-order valence-corrected chi connectivity index (χ0v) is 15.2. The quantitative estimate of drug-likeness (QED) is 0.471. The van der Waals surface area contributed by atoms with Gasteiger partial charge >= 0.3 is 0 Å². The number of nitro groups is 1. The lowest BCUT2D eigenvalue weighted by molar-refractivity contribution is -0.384. The number of hydrogen-bond acceptors (Lipinski definition) is 5. The molecule has 3 rings (SSSR count). The van der Waals surface area contributed by atoms with E-state index in [0.717, 1.165) is 5.69 Å². The highest BCUT2D eigenvalue weighted by atomic mass is 16.6. The Bertz CT molecular complexity index is 924. The minimum absolute atomic E-state index is 0.0105. The molecule has 1 heterocycles. The van der Waals surface area contributed by atoms with Crippen molar-refractivity contribution >= 4 is 29.3 Å². The van der Waals surface area contributed by atoms with Gasteiger partial charge in [-0.05, 0) is 35.9 Å². The highest BCUT2D eigenvalue weighted by Crippen LogP contribution is 2.25. The third-order valence-corrected chi connectivity index (χ3v) is 4.37. The van der Waals surface area contributed by atoms with Crippen LogP contribution >= 0.6 is 0 Å². The Morgan fingerprint density at radius 3 is 2.71 bits per heavy atom. The smallest absolute Gasteiger partial charge is 0.269 e. The number of benzene rings is 2. The van der Waals surface area contributed by atoms with Crippen LogP contribution in [0.1, 0.15) is 12.0 Å². The van der Waals surface area contributed by atoms with Crippen molar-refractivity contribution in [1.29, 1.82) is 0 Å². The van der Waals surface area contributed by atoms with E-state index in [4.69, 9.17) is 4.74 Å². The Kier molecular flexibility index (Phi) is 5.69. The SMILES string of the molecule is COc1cccc(N2CC(NC(=O)C=Cc3ccc([N+](=O)[O-])cc3)CC2=O)c1. The number of non-ortho nitro benzene ring substituents is 1. The van der Waals surface area contributed by atoms with Crippen molar-refractivity contribution in [3.05, 3.63) is 70.3 Å². The van der Waals surface area contributed by atoms with E-state index in [1.807, 2.05) is 6.07 Å². The van der Waals surface area contributed by atoms with E-state index in [2.05, 4.69) is 5.32 Å². The standard InChI is InChI=1S/C20H19N3O5/c1-28-18-4-2-3-17(12-18)22-13-15(11-20(22)25)21-19(24)10-7-14-5-8-16(9-6-14)23(26)27/h2-10,12,15H,11,13H2,1H3,(H,21,24). The molecular weight excluding hydrogens is 362 g/mol. The van der Waals surface area contributed by atoms with E-state index in [0.29, 0.717) is 17.9 Å². The molecule has 1 atom stereocenters. The second-order valence-corrected chi connectivity index (χ2v) is 6.30. The largest absolute Gasteiger partial charge is 0.497 e. The number of amides is 2. The molecule has 1 saturated heterocycles. The molecule has 1 unspecified atom stereocenters. The first-order chi connectivity index (χ1) is 13.5. The predicted octanol–water partition coefficient (Wildman–Crippen LogP) is 2.54. The van der Waals surface area contributed by atoms with E-state index in [-0.39, 0.29) is 30.0 Å². The second kappa shape index (κ2) is 8.34. The zero-order valence-electron chi connectivity index (χ0n) is 15.2. The van der Waals surface area contributed by atoms with Crippen LogP contribution in [0, 0.1) is 10.1 Å². The first-order valence-corrected chi connectivity index (χ1v) is 8.63. The first-order valence-electron chi connectivity index (χ1n) is 8.63. The zero-order chi connectivity index (χ0) is 20.1. The van der Waals surface area contributed by atoms with Crippen molar-refractivity contribution in [3.8, 4) is 5.75 Å². The maximum absolute atomic E-state index is 12.3. The molecule has 0 spiro atoms. The maximum atomic E-state index is 12.3. The fraction of sp³-hybridized carbons (Fsp3) is 0.200. The lowest BCUT2D eigenvalue weighted by Gasteiger charge is -2.17. The molecule has 2 aromatic rings. The summed E-state index contributed by atoms with van der Waals surface area (Å²) in [4.78, 5) is 36.2. The van der Waals surface area contributed by atoms with E-state index in [9.17, 15) is 19.7 Å². The van der Waals surface area contributed by atoms with E-state index in [1.54, 1.807) is 48.4 Å². The van der Waals surface area contributed by atoms with Gasteiger partial charge in [0.2, 0.25) is 11.8 Å². The molecule has 0 aliphatic carbocycles. The Hall–Kier alpha value is -3.68. The molecule has 8 nitrogen and oxygen atoms in total. The lowest BCUT2D eigenvalue weighted by Crippen LogP contribution is -2.36. The summed E-state index contributed by atoms with van der Waals surface area (Å²) >= 11 is 0. The van der Waals surface area contributed by atoms with Gasteiger partial charge in [0.15, 0.2) is 0 Å². The highest BCUT2D eigenvalue weighted by molar-refractivity contribution is 5.98. The number of rotatable bonds is 6. The third kappa shape index (κ3) is 4.53. The van der Waals surface area contributed by atoms with Crippen molar-refractivity contribution in [3.63, 3.8) is 0 Å². The van der Waals surface area contributed by atoms with Crippen molar-refractivity contribution in [2.24, 2.45) is 0 Å². The summed E-state index contributed by atoms with van der Waals surface area (Å²) in [5.41, 5.74) is 1.38. The van der Waals surface area contributed by atoms with Gasteiger partial charge in [0.25, 0.3) is 5.69 Å². The second-order valence-electron chi connectivity index (χ2n) is 6.30. The Morgan fingerprint density at radius 1 is 1.29 bits per heavy atom. The van der Waals surface area contributed by atoms with Gasteiger partial charge in [0.05, 0.1) is 18.1 Å². The fourth-order valence-electron chi connectivity index (χ4n) is 2.96. The summed E-state index contributed by atoms with van der Waals surface area (Å²) in [7, 11) is 1.56. The lowest BCUT2D eigenvalue weighted by atomic mass is 10.2. The van der Waals surface area contributed by atoms with Crippen LogP contribution in [0.2, 0.25) is 0 Å². The number of anilines is 1. The van der Waals surface area contributed by atoms with Gasteiger partial charge in [-0.1, -0.05) is 6.07 Å². The molecule has 8 heteroatoms. The highest BCUT2D eigenvalue weighted by Gasteiger charge is 2.31. The van der Waals surface area contributed by atoms with Crippen LogP contribution in [-0.2, 0) is 9.59 Å². The molecule has 1 aliphatic heterocycles. The van der Waals surface area contributed by atoms with Gasteiger partial charge in [-0.15, -0.1) is 0 Å². The Balaban J connectivity index is 1.58. The monoisotopic (exact) mass is 381 g/mol. The number of nitro benzene ring substituents is 1. The van der Waals surface area contributed by atoms with Crippen molar-refractivity contribution in [2.45, 2.75) is 12.5 Å². The number of hydrogen-bond donors (Lipinski definition) is 1. The molecule has 0 radical (unpaired) electrons. The number of carbonyl (C=O) groups excluding carboxylic acids is 2. The Labute approximate surface area is 161 Å². The molecule has 1 aliphatic rings. The van der Waals surface area contributed by atoms with Crippen LogP contribution in [0.25, 0.3) is 6.08 Å². The molecule has 2 aromatic carbocycles. The van der Waals surface area contributed by atoms with Gasteiger partial charge in [-0.3, -0.25) is 19.7 Å². The summed E-state index contributed by atoms with van der Waals surface area (Å²) < 4.78 is 5.18. The molecule has 1 fully saturated rings. The minimum atomic E-state index is -0.481.